The average Bonchev–Trinajstić information content (AvgIpc) is 2.60. The van der Waals surface area contributed by atoms with Gasteiger partial charge in [0.1, 0.15) is 11.3 Å². The van der Waals surface area contributed by atoms with Crippen LogP contribution in [0.25, 0.3) is 10.9 Å². The topological polar surface area (TPSA) is 27.1 Å². The second kappa shape index (κ2) is 5.77. The number of rotatable bonds is 5. The van der Waals surface area contributed by atoms with Crippen molar-refractivity contribution in [3.63, 3.8) is 0 Å². The molecule has 0 N–H and O–H groups in total. The molecule has 0 aliphatic heterocycles. The van der Waals surface area contributed by atoms with Crippen LogP contribution in [-0.2, 0) is 11.5 Å². The number of fused-ring (bicyclic) bond motifs is 1. The van der Waals surface area contributed by atoms with Crippen molar-refractivity contribution in [2.75, 3.05) is 6.61 Å². The number of hydrogen-bond acceptors (Lipinski definition) is 2. The highest BCUT2D eigenvalue weighted by Gasteiger charge is 2.13. The van der Waals surface area contributed by atoms with E-state index in [-0.39, 0.29) is 0 Å². The van der Waals surface area contributed by atoms with Gasteiger partial charge in [0.25, 0.3) is 0 Å². The SMILES string of the molecule is Cc1ccc2c(c1)c(Br)nn2COCC[Si](C)(C)C. The fraction of sp³-hybridized carbons (Fsp3) is 0.500. The molecule has 0 amide bonds. The number of halogens is 1. The minimum absolute atomic E-state index is 0.523. The number of nitrogens with zero attached hydrogens (tertiary/aromatic N) is 2. The van der Waals surface area contributed by atoms with Crippen molar-refractivity contribution >= 4 is 34.9 Å². The van der Waals surface area contributed by atoms with E-state index in [1.54, 1.807) is 0 Å². The van der Waals surface area contributed by atoms with Crippen LogP contribution in [0.15, 0.2) is 22.8 Å². The normalized spacial score (nSPS) is 12.3. The quantitative estimate of drug-likeness (QED) is 0.595. The van der Waals surface area contributed by atoms with Gasteiger partial charge in [-0.05, 0) is 41.0 Å². The molecule has 2 rings (SSSR count). The molecular formula is C14H21BrN2OSi. The third kappa shape index (κ3) is 3.90. The number of ether oxygens (including phenoxy) is 1. The highest BCUT2D eigenvalue weighted by Crippen LogP contribution is 2.24. The zero-order valence-electron chi connectivity index (χ0n) is 12.0. The summed E-state index contributed by atoms with van der Waals surface area (Å²) >= 11 is 3.51. The molecule has 0 atom stereocenters. The molecule has 1 aromatic heterocycles. The molecule has 0 aliphatic carbocycles. The lowest BCUT2D eigenvalue weighted by molar-refractivity contribution is 0.0814. The van der Waals surface area contributed by atoms with E-state index in [1.165, 1.54) is 11.6 Å². The number of aryl methyl sites for hydroxylation is 1. The molecule has 0 radical (unpaired) electrons. The van der Waals surface area contributed by atoms with Gasteiger partial charge in [0.15, 0.2) is 0 Å². The lowest BCUT2D eigenvalue weighted by Crippen LogP contribution is -2.22. The van der Waals surface area contributed by atoms with E-state index in [0.29, 0.717) is 6.73 Å². The van der Waals surface area contributed by atoms with E-state index in [1.807, 2.05) is 4.68 Å². The van der Waals surface area contributed by atoms with Crippen LogP contribution in [0, 0.1) is 6.92 Å². The standard InChI is InChI=1S/C14H21BrN2OSi/c1-11-5-6-13-12(9-11)14(15)16-17(13)10-18-7-8-19(2,3)4/h5-6,9H,7-8,10H2,1-4H3. The predicted molar refractivity (Wildman–Crippen MR) is 86.3 cm³/mol. The summed E-state index contributed by atoms with van der Waals surface area (Å²) < 4.78 is 8.57. The zero-order valence-corrected chi connectivity index (χ0v) is 14.6. The molecule has 2 aromatic rings. The molecule has 0 saturated carbocycles. The van der Waals surface area contributed by atoms with E-state index in [2.05, 4.69) is 65.8 Å². The van der Waals surface area contributed by atoms with Crippen LogP contribution in [0.4, 0.5) is 0 Å². The van der Waals surface area contributed by atoms with Crippen LogP contribution >= 0.6 is 15.9 Å². The molecule has 3 nitrogen and oxygen atoms in total. The third-order valence-corrected chi connectivity index (χ3v) is 5.36. The van der Waals surface area contributed by atoms with Crippen LogP contribution in [0.2, 0.25) is 25.7 Å². The minimum atomic E-state index is -1.02. The van der Waals surface area contributed by atoms with Crippen molar-refractivity contribution < 1.29 is 4.74 Å². The molecule has 1 aromatic carbocycles. The fourth-order valence-corrected chi connectivity index (χ4v) is 3.15. The maximum absolute atomic E-state index is 5.76. The van der Waals surface area contributed by atoms with Crippen molar-refractivity contribution in [2.45, 2.75) is 39.3 Å². The lowest BCUT2D eigenvalue weighted by Gasteiger charge is -2.15. The second-order valence-electron chi connectivity index (χ2n) is 6.16. The molecule has 0 saturated heterocycles. The largest absolute Gasteiger partial charge is 0.360 e. The van der Waals surface area contributed by atoms with E-state index < -0.39 is 8.07 Å². The summed E-state index contributed by atoms with van der Waals surface area (Å²) in [6, 6.07) is 7.54. The maximum Gasteiger partial charge on any atom is 0.140 e. The Morgan fingerprint density at radius 2 is 2.05 bits per heavy atom. The van der Waals surface area contributed by atoms with Gasteiger partial charge in [-0.25, -0.2) is 4.68 Å². The first-order valence-corrected chi connectivity index (χ1v) is 11.1. The van der Waals surface area contributed by atoms with Gasteiger partial charge < -0.3 is 4.74 Å². The van der Waals surface area contributed by atoms with Crippen LogP contribution in [0.5, 0.6) is 0 Å². The predicted octanol–water partition coefficient (Wildman–Crippen LogP) is 4.42. The Labute approximate surface area is 124 Å². The molecular weight excluding hydrogens is 320 g/mol. The monoisotopic (exact) mass is 340 g/mol. The molecule has 104 valence electrons. The van der Waals surface area contributed by atoms with Crippen molar-refractivity contribution in [1.82, 2.24) is 9.78 Å². The third-order valence-electron chi connectivity index (χ3n) is 3.07. The molecule has 0 fully saturated rings. The number of benzene rings is 1. The highest BCUT2D eigenvalue weighted by molar-refractivity contribution is 9.10. The molecule has 0 unspecified atom stereocenters. The first-order valence-electron chi connectivity index (χ1n) is 6.57. The summed E-state index contributed by atoms with van der Waals surface area (Å²) in [7, 11) is -1.02. The summed E-state index contributed by atoms with van der Waals surface area (Å²) in [6.07, 6.45) is 0. The van der Waals surface area contributed by atoms with Gasteiger partial charge in [0, 0.05) is 20.1 Å². The highest BCUT2D eigenvalue weighted by atomic mass is 79.9. The smallest absolute Gasteiger partial charge is 0.140 e. The van der Waals surface area contributed by atoms with Gasteiger partial charge in [-0.1, -0.05) is 31.3 Å². The van der Waals surface area contributed by atoms with Crippen LogP contribution < -0.4 is 0 Å². The summed E-state index contributed by atoms with van der Waals surface area (Å²) in [6.45, 7) is 10.5. The van der Waals surface area contributed by atoms with Crippen molar-refractivity contribution in [2.24, 2.45) is 0 Å². The zero-order chi connectivity index (χ0) is 14.0. The second-order valence-corrected chi connectivity index (χ2v) is 12.5. The summed E-state index contributed by atoms with van der Waals surface area (Å²) in [5.74, 6) is 0. The van der Waals surface area contributed by atoms with Gasteiger partial charge in [0.05, 0.1) is 5.52 Å². The molecule has 0 bridgehead atoms. The maximum atomic E-state index is 5.76. The van der Waals surface area contributed by atoms with Crippen LogP contribution in [0.1, 0.15) is 5.56 Å². The van der Waals surface area contributed by atoms with Crippen LogP contribution in [-0.4, -0.2) is 24.5 Å². The van der Waals surface area contributed by atoms with Gasteiger partial charge >= 0.3 is 0 Å². The number of hydrogen-bond donors (Lipinski definition) is 0. The van der Waals surface area contributed by atoms with Crippen LogP contribution in [0.3, 0.4) is 0 Å². The van der Waals surface area contributed by atoms with Gasteiger partial charge in [0.2, 0.25) is 0 Å². The lowest BCUT2D eigenvalue weighted by atomic mass is 10.2. The van der Waals surface area contributed by atoms with Crippen molar-refractivity contribution in [3.05, 3.63) is 28.4 Å². The van der Waals surface area contributed by atoms with E-state index in [9.17, 15) is 0 Å². The van der Waals surface area contributed by atoms with Gasteiger partial charge in [-0.3, -0.25) is 0 Å². The van der Waals surface area contributed by atoms with Crippen molar-refractivity contribution in [3.8, 4) is 0 Å². The van der Waals surface area contributed by atoms with E-state index in [4.69, 9.17) is 4.74 Å². The van der Waals surface area contributed by atoms with Gasteiger partial charge in [-0.2, -0.15) is 5.10 Å². The Hall–Kier alpha value is -0.653. The minimum Gasteiger partial charge on any atom is -0.360 e. The Balaban J connectivity index is 2.05. The number of aromatic nitrogens is 2. The molecule has 5 heteroatoms. The first-order chi connectivity index (χ1) is 8.87. The summed E-state index contributed by atoms with van der Waals surface area (Å²) in [4.78, 5) is 0. The summed E-state index contributed by atoms with van der Waals surface area (Å²) in [5, 5.41) is 5.63. The Morgan fingerprint density at radius 3 is 2.74 bits per heavy atom. The molecule has 19 heavy (non-hydrogen) atoms. The Bertz CT molecular complexity index is 575. The molecule has 1 heterocycles. The first kappa shape index (κ1) is 14.7. The van der Waals surface area contributed by atoms with E-state index in [0.717, 1.165) is 22.1 Å². The Kier molecular flexibility index (Phi) is 4.48. The molecule has 0 spiro atoms. The average molecular weight is 341 g/mol. The molecule has 0 aliphatic rings. The van der Waals surface area contributed by atoms with E-state index >= 15 is 0 Å². The van der Waals surface area contributed by atoms with Gasteiger partial charge in [-0.15, -0.1) is 0 Å². The fourth-order valence-electron chi connectivity index (χ4n) is 1.88. The van der Waals surface area contributed by atoms with Crippen molar-refractivity contribution in [1.29, 1.82) is 0 Å². The Morgan fingerprint density at radius 1 is 1.32 bits per heavy atom. The summed E-state index contributed by atoms with van der Waals surface area (Å²) in [5.41, 5.74) is 2.36.